The van der Waals surface area contributed by atoms with Gasteiger partial charge in [-0.3, -0.25) is 0 Å². The van der Waals surface area contributed by atoms with Crippen LogP contribution in [0.4, 0.5) is 16.6 Å². The van der Waals surface area contributed by atoms with Gasteiger partial charge in [-0.25, -0.2) is 14.8 Å². The number of aromatic amines is 1. The summed E-state index contributed by atoms with van der Waals surface area (Å²) in [6, 6.07) is 27.5. The van der Waals surface area contributed by atoms with Gasteiger partial charge >= 0.3 is 5.97 Å². The van der Waals surface area contributed by atoms with Gasteiger partial charge in [-0.15, -0.1) is 11.3 Å². The minimum Gasteiger partial charge on any atom is -0.462 e. The number of benzene rings is 3. The topological polar surface area (TPSA) is 79.4 Å². The average Bonchev–Trinajstić information content (AvgIpc) is 3.46. The van der Waals surface area contributed by atoms with Crippen molar-refractivity contribution in [3.63, 3.8) is 0 Å². The maximum absolute atomic E-state index is 13.2. The lowest BCUT2D eigenvalue weighted by atomic mass is 9.99. The second kappa shape index (κ2) is 9.95. The van der Waals surface area contributed by atoms with Crippen molar-refractivity contribution >= 4 is 50.7 Å². The molecule has 7 heteroatoms. The summed E-state index contributed by atoms with van der Waals surface area (Å²) in [5, 5.41) is 4.13. The van der Waals surface area contributed by atoms with Crippen molar-refractivity contribution < 1.29 is 9.53 Å². The van der Waals surface area contributed by atoms with Gasteiger partial charge in [0.1, 0.15) is 10.6 Å². The van der Waals surface area contributed by atoms with E-state index < -0.39 is 0 Å². The third-order valence-corrected chi connectivity index (χ3v) is 6.67. The molecule has 5 aromatic rings. The number of hydrogen-bond donors (Lipinski definition) is 2. The van der Waals surface area contributed by atoms with E-state index in [1.165, 1.54) is 11.3 Å². The van der Waals surface area contributed by atoms with E-state index in [2.05, 4.69) is 15.3 Å². The third-order valence-electron chi connectivity index (χ3n) is 5.46. The number of para-hydroxylation sites is 3. The lowest BCUT2D eigenvalue weighted by Gasteiger charge is -2.10. The van der Waals surface area contributed by atoms with Crippen LogP contribution in [0.3, 0.4) is 0 Å². The molecular formula is C28H24N4O2S. The van der Waals surface area contributed by atoms with Crippen LogP contribution in [0.1, 0.15) is 29.1 Å². The van der Waals surface area contributed by atoms with Crippen LogP contribution in [0, 0.1) is 0 Å². The van der Waals surface area contributed by atoms with Gasteiger partial charge in [0.2, 0.25) is 5.95 Å². The number of aromatic nitrogens is 2. The second-order valence-electron chi connectivity index (χ2n) is 7.86. The molecule has 0 unspecified atom stereocenters. The molecule has 0 saturated heterocycles. The minimum atomic E-state index is -0.371. The summed E-state index contributed by atoms with van der Waals surface area (Å²) in [4.78, 5) is 26.8. The molecule has 35 heavy (non-hydrogen) atoms. The minimum absolute atomic E-state index is 0.287. The Morgan fingerprint density at radius 3 is 2.40 bits per heavy atom. The summed E-state index contributed by atoms with van der Waals surface area (Å²) in [5.74, 6) is 0.148. The molecular weight excluding hydrogens is 456 g/mol. The smallest absolute Gasteiger partial charge is 0.341 e. The van der Waals surface area contributed by atoms with Crippen LogP contribution in [0.2, 0.25) is 0 Å². The van der Waals surface area contributed by atoms with Crippen molar-refractivity contribution in [1.82, 2.24) is 9.97 Å². The number of imidazole rings is 1. The maximum Gasteiger partial charge on any atom is 0.341 e. The molecule has 0 aliphatic heterocycles. The molecule has 0 atom stereocenters. The number of rotatable bonds is 7. The Balaban J connectivity index is 1.69. The van der Waals surface area contributed by atoms with E-state index in [9.17, 15) is 4.79 Å². The Morgan fingerprint density at radius 1 is 1.00 bits per heavy atom. The highest BCUT2D eigenvalue weighted by Gasteiger charge is 2.27. The maximum atomic E-state index is 13.2. The molecule has 3 aromatic carbocycles. The van der Waals surface area contributed by atoms with Gasteiger partial charge in [0.25, 0.3) is 0 Å². The van der Waals surface area contributed by atoms with Gasteiger partial charge in [0, 0.05) is 11.3 Å². The number of H-pyrrole nitrogens is 1. The standard InChI is InChI=1S/C28H24N4O2S/c1-3-34-27(33)24-23(19-12-6-4-7-13-19)25(35-26(24)30-20-14-8-5-9-15-20)18(2)29-28-31-21-16-10-11-17-22(21)32-28/h4-17,30H,3H2,1-2H3,(H,31,32)/b29-18+. The van der Waals surface area contributed by atoms with Crippen LogP contribution in [-0.4, -0.2) is 28.3 Å². The van der Waals surface area contributed by atoms with Crippen LogP contribution in [0.5, 0.6) is 0 Å². The Kier molecular flexibility index (Phi) is 6.41. The molecule has 6 nitrogen and oxygen atoms in total. The molecule has 0 aliphatic carbocycles. The highest BCUT2D eigenvalue weighted by Crippen LogP contribution is 2.42. The van der Waals surface area contributed by atoms with Crippen molar-refractivity contribution in [2.24, 2.45) is 4.99 Å². The number of aliphatic imine (C=N–C) groups is 1. The number of carbonyl (C=O) groups is 1. The highest BCUT2D eigenvalue weighted by atomic mass is 32.1. The molecule has 0 saturated carbocycles. The first-order chi connectivity index (χ1) is 17.1. The normalized spacial score (nSPS) is 11.5. The lowest BCUT2D eigenvalue weighted by molar-refractivity contribution is 0.0529. The van der Waals surface area contributed by atoms with Crippen LogP contribution in [0.15, 0.2) is 89.9 Å². The van der Waals surface area contributed by atoms with Crippen molar-refractivity contribution in [1.29, 1.82) is 0 Å². The van der Waals surface area contributed by atoms with Gasteiger partial charge in [0.15, 0.2) is 0 Å². The SMILES string of the molecule is CCOC(=O)c1c(Nc2ccccc2)sc(/C(C)=N/c2nc3ccccc3[nH]2)c1-c1ccccc1. The molecule has 2 N–H and O–H groups in total. The molecule has 0 fully saturated rings. The second-order valence-corrected chi connectivity index (χ2v) is 8.88. The fraction of sp³-hybridized carbons (Fsp3) is 0.107. The Morgan fingerprint density at radius 2 is 1.69 bits per heavy atom. The number of hydrogen-bond acceptors (Lipinski definition) is 6. The van der Waals surface area contributed by atoms with Crippen LogP contribution >= 0.6 is 11.3 Å². The van der Waals surface area contributed by atoms with E-state index >= 15 is 0 Å². The van der Waals surface area contributed by atoms with E-state index in [0.717, 1.165) is 38.4 Å². The zero-order chi connectivity index (χ0) is 24.2. The zero-order valence-corrected chi connectivity index (χ0v) is 20.2. The molecule has 174 valence electrons. The number of carbonyl (C=O) groups excluding carboxylic acids is 1. The molecule has 0 bridgehead atoms. The summed E-state index contributed by atoms with van der Waals surface area (Å²) < 4.78 is 5.49. The zero-order valence-electron chi connectivity index (χ0n) is 19.4. The number of fused-ring (bicyclic) bond motifs is 1. The van der Waals surface area contributed by atoms with Crippen molar-refractivity contribution in [2.75, 3.05) is 11.9 Å². The Hall–Kier alpha value is -4.23. The summed E-state index contributed by atoms with van der Waals surface area (Å²) >= 11 is 1.48. The number of anilines is 2. The van der Waals surface area contributed by atoms with Crippen molar-refractivity contribution in [3.8, 4) is 11.1 Å². The predicted molar refractivity (Wildman–Crippen MR) is 143 cm³/mol. The summed E-state index contributed by atoms with van der Waals surface area (Å²) in [6.07, 6.45) is 0. The fourth-order valence-electron chi connectivity index (χ4n) is 3.91. The molecule has 0 spiro atoms. The van der Waals surface area contributed by atoms with E-state index in [1.54, 1.807) is 0 Å². The van der Waals surface area contributed by atoms with Gasteiger partial charge in [-0.05, 0) is 43.7 Å². The van der Waals surface area contributed by atoms with Gasteiger partial charge in [-0.2, -0.15) is 0 Å². The summed E-state index contributed by atoms with van der Waals surface area (Å²) in [6.45, 7) is 4.04. The number of ether oxygens (including phenoxy) is 1. The lowest BCUT2D eigenvalue weighted by Crippen LogP contribution is -2.08. The highest BCUT2D eigenvalue weighted by molar-refractivity contribution is 7.19. The van der Waals surface area contributed by atoms with Gasteiger partial charge in [-0.1, -0.05) is 60.7 Å². The van der Waals surface area contributed by atoms with Crippen molar-refractivity contribution in [3.05, 3.63) is 95.4 Å². The first-order valence-corrected chi connectivity index (χ1v) is 12.2. The summed E-state index contributed by atoms with van der Waals surface area (Å²) in [7, 11) is 0. The monoisotopic (exact) mass is 480 g/mol. The number of thiophene rings is 1. The van der Waals surface area contributed by atoms with Gasteiger partial charge in [0.05, 0.1) is 28.2 Å². The summed E-state index contributed by atoms with van der Waals surface area (Å²) in [5.41, 5.74) is 5.63. The number of esters is 1. The number of nitrogens with zero attached hydrogens (tertiary/aromatic N) is 2. The van der Waals surface area contributed by atoms with Crippen molar-refractivity contribution in [2.45, 2.75) is 13.8 Å². The van der Waals surface area contributed by atoms with Crippen LogP contribution in [-0.2, 0) is 4.74 Å². The number of nitrogens with one attached hydrogen (secondary N) is 2. The van der Waals surface area contributed by atoms with E-state index in [4.69, 9.17) is 9.73 Å². The molecule has 0 aliphatic rings. The van der Waals surface area contributed by atoms with E-state index in [0.29, 0.717) is 16.5 Å². The molecule has 2 heterocycles. The average molecular weight is 481 g/mol. The fourth-order valence-corrected chi connectivity index (χ4v) is 5.08. The van der Waals surface area contributed by atoms with Crippen LogP contribution in [0.25, 0.3) is 22.2 Å². The van der Waals surface area contributed by atoms with Gasteiger partial charge < -0.3 is 15.0 Å². The molecule has 0 radical (unpaired) electrons. The third kappa shape index (κ3) is 4.72. The molecule has 0 amide bonds. The Labute approximate surface area is 207 Å². The first kappa shape index (κ1) is 22.6. The Bertz CT molecular complexity index is 1470. The first-order valence-electron chi connectivity index (χ1n) is 11.4. The predicted octanol–water partition coefficient (Wildman–Crippen LogP) is 7.35. The quantitative estimate of drug-likeness (QED) is 0.188. The largest absolute Gasteiger partial charge is 0.462 e. The van der Waals surface area contributed by atoms with E-state index in [1.807, 2.05) is 98.8 Å². The van der Waals surface area contributed by atoms with Crippen LogP contribution < -0.4 is 5.32 Å². The van der Waals surface area contributed by atoms with E-state index in [-0.39, 0.29) is 12.6 Å². The molecule has 2 aromatic heterocycles. The molecule has 5 rings (SSSR count).